The molecule has 6 rings (SSSR count). The predicted octanol–water partition coefficient (Wildman–Crippen LogP) is 4.38. The Morgan fingerprint density at radius 3 is 2.12 bits per heavy atom. The number of hydrogen-bond donors (Lipinski definition) is 1. The van der Waals surface area contributed by atoms with Gasteiger partial charge >= 0.3 is 0 Å². The number of pyridine rings is 2. The van der Waals surface area contributed by atoms with Gasteiger partial charge in [0.1, 0.15) is 29.9 Å². The molecule has 7 heteroatoms. The molecule has 1 atom stereocenters. The van der Waals surface area contributed by atoms with Crippen molar-refractivity contribution in [2.45, 2.75) is 5.54 Å². The van der Waals surface area contributed by atoms with Gasteiger partial charge in [0.2, 0.25) is 0 Å². The second kappa shape index (κ2) is 7.18. The summed E-state index contributed by atoms with van der Waals surface area (Å²) in [7, 11) is 0. The van der Waals surface area contributed by atoms with Crippen LogP contribution < -0.4 is 10.5 Å². The first-order valence-corrected chi connectivity index (χ1v) is 10.4. The van der Waals surface area contributed by atoms with E-state index in [1.54, 1.807) is 18.5 Å². The van der Waals surface area contributed by atoms with Crippen LogP contribution in [0.5, 0.6) is 11.5 Å². The molecule has 33 heavy (non-hydrogen) atoms. The Hall–Kier alpha value is -4.70. The minimum Gasteiger partial charge on any atom is -0.462 e. The van der Waals surface area contributed by atoms with E-state index in [4.69, 9.17) is 25.5 Å². The first-order valence-electron chi connectivity index (χ1n) is 10.4. The van der Waals surface area contributed by atoms with Crippen molar-refractivity contribution < 1.29 is 9.47 Å². The number of fused-ring (bicyclic) bond motifs is 4. The second-order valence-corrected chi connectivity index (χ2v) is 7.91. The zero-order valence-corrected chi connectivity index (χ0v) is 17.4. The maximum Gasteiger partial charge on any atom is 0.283 e. The summed E-state index contributed by atoms with van der Waals surface area (Å²) in [6, 6.07) is 21.6. The molecule has 2 aromatic heterocycles. The zero-order valence-electron chi connectivity index (χ0n) is 17.4. The molecule has 2 N–H and O–H groups in total. The van der Waals surface area contributed by atoms with E-state index in [-0.39, 0.29) is 12.6 Å². The number of aliphatic imine (C=N–C) groups is 1. The van der Waals surface area contributed by atoms with Gasteiger partial charge < -0.3 is 15.2 Å². The summed E-state index contributed by atoms with van der Waals surface area (Å²) in [6.07, 6.45) is 5.26. The van der Waals surface area contributed by atoms with E-state index in [9.17, 15) is 0 Å². The highest BCUT2D eigenvalue weighted by atomic mass is 16.5. The van der Waals surface area contributed by atoms with Crippen molar-refractivity contribution in [3.05, 3.63) is 96.1 Å². The van der Waals surface area contributed by atoms with Crippen molar-refractivity contribution in [2.75, 3.05) is 6.61 Å². The summed E-state index contributed by atoms with van der Waals surface area (Å²) in [5.41, 5.74) is 11.1. The monoisotopic (exact) mass is 431 g/mol. The summed E-state index contributed by atoms with van der Waals surface area (Å²) in [5.74, 6) is 1.41. The second-order valence-electron chi connectivity index (χ2n) is 7.91. The van der Waals surface area contributed by atoms with Crippen molar-refractivity contribution in [1.82, 2.24) is 9.97 Å². The number of hydrogen-bond acceptors (Lipinski definition) is 7. The molecule has 4 aromatic rings. The number of rotatable bonds is 2. The van der Waals surface area contributed by atoms with Crippen molar-refractivity contribution in [2.24, 2.45) is 10.7 Å². The van der Waals surface area contributed by atoms with Gasteiger partial charge in [-0.25, -0.2) is 9.98 Å². The minimum absolute atomic E-state index is 0.144. The molecule has 2 aliphatic heterocycles. The average molecular weight is 431 g/mol. The fourth-order valence-electron chi connectivity index (χ4n) is 4.38. The average Bonchev–Trinajstić information content (AvgIpc) is 3.26. The number of amidine groups is 1. The lowest BCUT2D eigenvalue weighted by Gasteiger charge is -2.34. The fraction of sp³-hybridized carbons (Fsp3) is 0.0769. The number of ether oxygens (including phenoxy) is 2. The molecule has 158 valence electrons. The van der Waals surface area contributed by atoms with Crippen LogP contribution in [0, 0.1) is 11.3 Å². The zero-order chi connectivity index (χ0) is 22.4. The van der Waals surface area contributed by atoms with Crippen LogP contribution in [0.25, 0.3) is 22.3 Å². The highest BCUT2D eigenvalue weighted by Crippen LogP contribution is 2.52. The van der Waals surface area contributed by atoms with Gasteiger partial charge in [-0.15, -0.1) is 0 Å². The van der Waals surface area contributed by atoms with Gasteiger partial charge in [0.05, 0.1) is 0 Å². The number of nitrogens with two attached hydrogens (primary N) is 1. The van der Waals surface area contributed by atoms with Crippen LogP contribution in [0.15, 0.2) is 84.2 Å². The molecule has 0 saturated carbocycles. The third-order valence-corrected chi connectivity index (χ3v) is 6.01. The molecule has 0 radical (unpaired) electrons. The Morgan fingerprint density at radius 1 is 0.879 bits per heavy atom. The Bertz CT molecular complexity index is 1460. The molecule has 7 nitrogen and oxygen atoms in total. The quantitative estimate of drug-likeness (QED) is 0.505. The van der Waals surface area contributed by atoms with E-state index in [2.05, 4.69) is 16.0 Å². The maximum atomic E-state index is 9.05. The lowest BCUT2D eigenvalue weighted by molar-refractivity contribution is 0.264. The molecule has 1 spiro atoms. The van der Waals surface area contributed by atoms with Gasteiger partial charge in [0, 0.05) is 40.8 Å². The molecule has 2 aromatic carbocycles. The topological polar surface area (TPSA) is 106 Å². The predicted molar refractivity (Wildman–Crippen MR) is 122 cm³/mol. The SMILES string of the molecule is N#Cc1ccc(-c2ccc3c(c2)[C@@]2(COC(N)=N2)c2cc(-c4cccnc4)ccc2O3)cn1. The lowest BCUT2D eigenvalue weighted by Crippen LogP contribution is -2.31. The minimum atomic E-state index is -0.832. The van der Waals surface area contributed by atoms with E-state index < -0.39 is 5.54 Å². The van der Waals surface area contributed by atoms with Crippen LogP contribution in [0.1, 0.15) is 16.8 Å². The fourth-order valence-corrected chi connectivity index (χ4v) is 4.38. The van der Waals surface area contributed by atoms with Crippen molar-refractivity contribution in [3.63, 3.8) is 0 Å². The van der Waals surface area contributed by atoms with Crippen molar-refractivity contribution >= 4 is 6.02 Å². The summed E-state index contributed by atoms with van der Waals surface area (Å²) in [5, 5.41) is 9.05. The molecule has 0 saturated heterocycles. The third kappa shape index (κ3) is 3.00. The summed E-state index contributed by atoms with van der Waals surface area (Å²) < 4.78 is 12.0. The van der Waals surface area contributed by atoms with Gasteiger partial charge in [-0.2, -0.15) is 5.26 Å². The van der Waals surface area contributed by atoms with E-state index in [0.29, 0.717) is 17.2 Å². The van der Waals surface area contributed by atoms with Crippen LogP contribution in [-0.2, 0) is 10.3 Å². The van der Waals surface area contributed by atoms with Gasteiger partial charge in [0.15, 0.2) is 5.54 Å². The molecule has 2 aliphatic rings. The van der Waals surface area contributed by atoms with Gasteiger partial charge in [-0.1, -0.05) is 18.2 Å². The van der Waals surface area contributed by atoms with E-state index in [0.717, 1.165) is 33.4 Å². The Morgan fingerprint density at radius 2 is 1.58 bits per heavy atom. The molecule has 0 aliphatic carbocycles. The molecule has 0 fully saturated rings. The highest BCUT2D eigenvalue weighted by molar-refractivity contribution is 5.79. The highest BCUT2D eigenvalue weighted by Gasteiger charge is 2.47. The molecule has 0 amide bonds. The van der Waals surface area contributed by atoms with Gasteiger partial charge in [-0.05, 0) is 53.6 Å². The standard InChI is InChI=1S/C26H17N5O2/c27-12-20-6-3-19(14-30-20)17-5-8-24-22(11-17)26(15-32-25(28)31-26)21-10-16(4-7-23(21)33-24)18-2-1-9-29-13-18/h1-11,13-14H,15H2,(H2,28,31)/t26-/m1/s1. The van der Waals surface area contributed by atoms with Gasteiger partial charge in [0.25, 0.3) is 6.02 Å². The smallest absolute Gasteiger partial charge is 0.283 e. The lowest BCUT2D eigenvalue weighted by atomic mass is 9.79. The van der Waals surface area contributed by atoms with Crippen molar-refractivity contribution in [1.29, 1.82) is 5.26 Å². The summed E-state index contributed by atoms with van der Waals surface area (Å²) in [4.78, 5) is 13.2. The summed E-state index contributed by atoms with van der Waals surface area (Å²) in [6.45, 7) is 0.272. The van der Waals surface area contributed by atoms with E-state index in [1.807, 2.05) is 60.8 Å². The molecular weight excluding hydrogens is 414 g/mol. The first-order chi connectivity index (χ1) is 16.2. The largest absolute Gasteiger partial charge is 0.462 e. The Kier molecular flexibility index (Phi) is 4.14. The maximum absolute atomic E-state index is 9.05. The first kappa shape index (κ1) is 19.0. The number of nitriles is 1. The molecule has 0 bridgehead atoms. The summed E-state index contributed by atoms with van der Waals surface area (Å²) >= 11 is 0. The molecular formula is C26H17N5O2. The normalized spacial score (nSPS) is 17.8. The van der Waals surface area contributed by atoms with Crippen LogP contribution in [0.4, 0.5) is 0 Å². The van der Waals surface area contributed by atoms with Crippen molar-refractivity contribution in [3.8, 4) is 39.8 Å². The molecule has 4 heterocycles. The Balaban J connectivity index is 1.53. The van der Waals surface area contributed by atoms with E-state index in [1.165, 1.54) is 0 Å². The Labute approximate surface area is 189 Å². The number of aromatic nitrogens is 2. The van der Waals surface area contributed by atoms with Crippen LogP contribution >= 0.6 is 0 Å². The number of benzene rings is 2. The van der Waals surface area contributed by atoms with Gasteiger partial charge in [-0.3, -0.25) is 4.98 Å². The van der Waals surface area contributed by atoms with Crippen LogP contribution in [-0.4, -0.2) is 22.6 Å². The number of nitrogens with zero attached hydrogens (tertiary/aromatic N) is 4. The van der Waals surface area contributed by atoms with Crippen LogP contribution in [0.2, 0.25) is 0 Å². The van der Waals surface area contributed by atoms with Crippen LogP contribution in [0.3, 0.4) is 0 Å². The van der Waals surface area contributed by atoms with E-state index >= 15 is 0 Å². The molecule has 0 unspecified atom stereocenters. The third-order valence-electron chi connectivity index (χ3n) is 6.01.